The number of rotatable bonds is 5. The van der Waals surface area contributed by atoms with Gasteiger partial charge < -0.3 is 9.64 Å². The Hall–Kier alpha value is -2.89. The topological polar surface area (TPSA) is 58.6 Å². The molecule has 2 aromatic carbocycles. The maximum Gasteiger partial charge on any atom is 0.412 e. The zero-order valence-electron chi connectivity index (χ0n) is 16.4. The number of amides is 2. The maximum absolute atomic E-state index is 13.1. The first kappa shape index (κ1) is 19.9. The lowest BCUT2D eigenvalue weighted by molar-refractivity contribution is 0.0635. The van der Waals surface area contributed by atoms with Gasteiger partial charge in [0.1, 0.15) is 11.4 Å². The lowest BCUT2D eigenvalue weighted by Crippen LogP contribution is -2.32. The highest BCUT2D eigenvalue weighted by Crippen LogP contribution is 2.30. The number of halogens is 1. The number of nitrogens with zero attached hydrogens (tertiary/aromatic N) is 1. The van der Waals surface area contributed by atoms with Crippen LogP contribution in [0.5, 0.6) is 0 Å². The molecule has 28 heavy (non-hydrogen) atoms. The second kappa shape index (κ2) is 8.00. The molecule has 0 aliphatic heterocycles. The first-order valence-corrected chi connectivity index (χ1v) is 9.37. The van der Waals surface area contributed by atoms with Crippen LogP contribution in [0.15, 0.2) is 48.5 Å². The van der Waals surface area contributed by atoms with Gasteiger partial charge in [0, 0.05) is 23.8 Å². The van der Waals surface area contributed by atoms with E-state index in [0.717, 1.165) is 18.4 Å². The highest BCUT2D eigenvalue weighted by atomic mass is 19.1. The van der Waals surface area contributed by atoms with Crippen molar-refractivity contribution in [3.8, 4) is 0 Å². The van der Waals surface area contributed by atoms with E-state index >= 15 is 0 Å². The molecule has 0 unspecified atom stereocenters. The molecule has 148 valence electrons. The molecule has 1 aliphatic carbocycles. The third kappa shape index (κ3) is 5.55. The Bertz CT molecular complexity index is 838. The van der Waals surface area contributed by atoms with Gasteiger partial charge in [-0.25, -0.2) is 9.18 Å². The smallest absolute Gasteiger partial charge is 0.412 e. The van der Waals surface area contributed by atoms with Crippen molar-refractivity contribution in [3.63, 3.8) is 0 Å². The van der Waals surface area contributed by atoms with Crippen LogP contribution in [0, 0.1) is 5.82 Å². The molecule has 1 aliphatic rings. The van der Waals surface area contributed by atoms with Crippen LogP contribution in [0.1, 0.15) is 49.5 Å². The molecule has 0 heterocycles. The molecule has 0 radical (unpaired) electrons. The number of anilines is 1. The zero-order valence-corrected chi connectivity index (χ0v) is 16.4. The van der Waals surface area contributed by atoms with Crippen LogP contribution in [0.2, 0.25) is 0 Å². The fourth-order valence-electron chi connectivity index (χ4n) is 2.82. The molecule has 0 atom stereocenters. The summed E-state index contributed by atoms with van der Waals surface area (Å²) in [5.74, 6) is -0.364. The van der Waals surface area contributed by atoms with Crippen molar-refractivity contribution in [3.05, 3.63) is 65.5 Å². The Kier molecular flexibility index (Phi) is 5.68. The summed E-state index contributed by atoms with van der Waals surface area (Å²) < 4.78 is 18.3. The molecular weight excluding hydrogens is 359 g/mol. The van der Waals surface area contributed by atoms with Gasteiger partial charge in [-0.1, -0.05) is 12.1 Å². The van der Waals surface area contributed by atoms with Crippen LogP contribution in [-0.4, -0.2) is 28.5 Å². The number of nitrogens with one attached hydrogen (secondary N) is 1. The van der Waals surface area contributed by atoms with Crippen LogP contribution in [-0.2, 0) is 11.3 Å². The zero-order chi connectivity index (χ0) is 20.3. The van der Waals surface area contributed by atoms with Crippen LogP contribution in [0.25, 0.3) is 0 Å². The van der Waals surface area contributed by atoms with E-state index in [1.165, 1.54) is 12.1 Å². The Labute approximate surface area is 164 Å². The summed E-state index contributed by atoms with van der Waals surface area (Å²) in [4.78, 5) is 26.6. The van der Waals surface area contributed by atoms with Gasteiger partial charge in [0.15, 0.2) is 0 Å². The number of carbonyl (C=O) groups is 2. The number of carbonyl (C=O) groups excluding carboxylic acids is 2. The van der Waals surface area contributed by atoms with Gasteiger partial charge in [0.2, 0.25) is 0 Å². The molecule has 0 bridgehead atoms. The summed E-state index contributed by atoms with van der Waals surface area (Å²) in [7, 11) is 0. The van der Waals surface area contributed by atoms with E-state index in [2.05, 4.69) is 5.32 Å². The van der Waals surface area contributed by atoms with E-state index in [0.29, 0.717) is 17.8 Å². The van der Waals surface area contributed by atoms with Gasteiger partial charge in [-0.05, 0) is 75.6 Å². The third-order valence-corrected chi connectivity index (χ3v) is 4.29. The summed E-state index contributed by atoms with van der Waals surface area (Å²) in [5.41, 5.74) is 1.42. The van der Waals surface area contributed by atoms with E-state index in [1.54, 1.807) is 57.2 Å². The summed E-state index contributed by atoms with van der Waals surface area (Å²) in [6.45, 7) is 5.83. The Morgan fingerprint density at radius 2 is 1.68 bits per heavy atom. The van der Waals surface area contributed by atoms with Crippen molar-refractivity contribution >= 4 is 17.7 Å². The number of hydrogen-bond donors (Lipinski definition) is 1. The normalized spacial score (nSPS) is 13.7. The van der Waals surface area contributed by atoms with Gasteiger partial charge in [-0.3, -0.25) is 10.1 Å². The van der Waals surface area contributed by atoms with Gasteiger partial charge in [0.25, 0.3) is 5.91 Å². The maximum atomic E-state index is 13.1. The van der Waals surface area contributed by atoms with Crippen molar-refractivity contribution < 1.29 is 18.7 Å². The Balaban J connectivity index is 1.66. The number of benzene rings is 2. The second-order valence-electron chi connectivity index (χ2n) is 7.99. The molecule has 1 saturated carbocycles. The molecule has 3 rings (SSSR count). The SMILES string of the molecule is CC(C)(C)OC(=O)Nc1ccc(C(=O)N(Cc2ccc(F)cc2)C2CC2)cc1. The molecule has 6 heteroatoms. The van der Waals surface area contributed by atoms with Crippen molar-refractivity contribution in [1.29, 1.82) is 0 Å². The molecule has 0 aromatic heterocycles. The van der Waals surface area contributed by atoms with E-state index in [1.807, 2.05) is 4.90 Å². The molecule has 5 nitrogen and oxygen atoms in total. The third-order valence-electron chi connectivity index (χ3n) is 4.29. The van der Waals surface area contributed by atoms with E-state index in [4.69, 9.17) is 4.74 Å². The molecule has 2 amide bonds. The first-order valence-electron chi connectivity index (χ1n) is 9.37. The minimum Gasteiger partial charge on any atom is -0.444 e. The highest BCUT2D eigenvalue weighted by molar-refractivity contribution is 5.95. The lowest BCUT2D eigenvalue weighted by atomic mass is 10.1. The van der Waals surface area contributed by atoms with Crippen molar-refractivity contribution in [1.82, 2.24) is 4.90 Å². The minimum absolute atomic E-state index is 0.0735. The quantitative estimate of drug-likeness (QED) is 0.791. The molecular formula is C22H25FN2O3. The molecule has 0 spiro atoms. The van der Waals surface area contributed by atoms with E-state index in [9.17, 15) is 14.0 Å². The fraction of sp³-hybridized carbons (Fsp3) is 0.364. The predicted octanol–water partition coefficient (Wildman–Crippen LogP) is 4.98. The van der Waals surface area contributed by atoms with Crippen molar-refractivity contribution in [2.45, 2.75) is 51.8 Å². The summed E-state index contributed by atoms with van der Waals surface area (Å²) in [5, 5.41) is 2.65. The number of ether oxygens (including phenoxy) is 1. The van der Waals surface area contributed by atoms with Crippen LogP contribution in [0.3, 0.4) is 0 Å². The first-order chi connectivity index (χ1) is 13.2. The van der Waals surface area contributed by atoms with Crippen LogP contribution < -0.4 is 5.32 Å². The molecule has 2 aromatic rings. The molecule has 0 saturated heterocycles. The average Bonchev–Trinajstić information content (AvgIpc) is 3.44. The van der Waals surface area contributed by atoms with Gasteiger partial charge in [-0.2, -0.15) is 0 Å². The van der Waals surface area contributed by atoms with Gasteiger partial charge in [0.05, 0.1) is 0 Å². The monoisotopic (exact) mass is 384 g/mol. The largest absolute Gasteiger partial charge is 0.444 e. The summed E-state index contributed by atoms with van der Waals surface area (Å²) >= 11 is 0. The highest BCUT2D eigenvalue weighted by Gasteiger charge is 2.33. The Morgan fingerprint density at radius 1 is 1.07 bits per heavy atom. The molecule has 1 fully saturated rings. The standard InChI is InChI=1S/C22H25FN2O3/c1-22(2,3)28-21(27)24-18-10-6-16(7-11-18)20(26)25(19-12-13-19)14-15-4-8-17(23)9-5-15/h4-11,19H,12-14H2,1-3H3,(H,24,27). The summed E-state index contributed by atoms with van der Waals surface area (Å²) in [6.07, 6.45) is 1.42. The van der Waals surface area contributed by atoms with Crippen LogP contribution in [0.4, 0.5) is 14.9 Å². The second-order valence-corrected chi connectivity index (χ2v) is 7.99. The fourth-order valence-corrected chi connectivity index (χ4v) is 2.82. The Morgan fingerprint density at radius 3 is 2.21 bits per heavy atom. The van der Waals surface area contributed by atoms with Crippen LogP contribution >= 0.6 is 0 Å². The lowest BCUT2D eigenvalue weighted by Gasteiger charge is -2.23. The predicted molar refractivity (Wildman–Crippen MR) is 106 cm³/mol. The van der Waals surface area contributed by atoms with E-state index in [-0.39, 0.29) is 17.8 Å². The van der Waals surface area contributed by atoms with Crippen molar-refractivity contribution in [2.24, 2.45) is 0 Å². The number of hydrogen-bond acceptors (Lipinski definition) is 3. The molecule has 1 N–H and O–H groups in total. The van der Waals surface area contributed by atoms with Gasteiger partial charge >= 0.3 is 6.09 Å². The summed E-state index contributed by atoms with van der Waals surface area (Å²) in [6, 6.07) is 13.2. The van der Waals surface area contributed by atoms with Gasteiger partial charge in [-0.15, -0.1) is 0 Å². The minimum atomic E-state index is -0.578. The van der Waals surface area contributed by atoms with Crippen molar-refractivity contribution in [2.75, 3.05) is 5.32 Å². The van der Waals surface area contributed by atoms with E-state index < -0.39 is 11.7 Å². The average molecular weight is 384 g/mol.